The van der Waals surface area contributed by atoms with Crippen molar-refractivity contribution in [2.75, 3.05) is 11.8 Å². The molecule has 0 bridgehead atoms. The second-order valence-electron chi connectivity index (χ2n) is 5.80. The summed E-state index contributed by atoms with van der Waals surface area (Å²) in [5, 5.41) is 1.14. The molecule has 0 aliphatic heterocycles. The van der Waals surface area contributed by atoms with Gasteiger partial charge in [0.05, 0.1) is 10.7 Å². The van der Waals surface area contributed by atoms with Crippen molar-refractivity contribution >= 4 is 61.7 Å². The molecule has 0 spiro atoms. The molecule has 0 aliphatic carbocycles. The number of fused-ring (bicyclic) bond motifs is 1. The van der Waals surface area contributed by atoms with Crippen LogP contribution in [0, 0.1) is 6.07 Å². The zero-order valence-electron chi connectivity index (χ0n) is 14.5. The Morgan fingerprint density at radius 2 is 1.96 bits per heavy atom. The highest BCUT2D eigenvalue weighted by atomic mass is 35.5. The Morgan fingerprint density at radius 1 is 1.21 bits per heavy atom. The van der Waals surface area contributed by atoms with E-state index in [1.54, 1.807) is 18.2 Å². The molecular formula is C18H14Cl3N2O4S. The molecule has 1 heterocycles. The van der Waals surface area contributed by atoms with Gasteiger partial charge in [0, 0.05) is 41.4 Å². The van der Waals surface area contributed by atoms with E-state index >= 15 is 0 Å². The van der Waals surface area contributed by atoms with Gasteiger partial charge in [-0.05, 0) is 29.3 Å². The van der Waals surface area contributed by atoms with E-state index < -0.39 is 15.8 Å². The number of halogens is 3. The summed E-state index contributed by atoms with van der Waals surface area (Å²) in [6, 6.07) is 10.7. The van der Waals surface area contributed by atoms with E-state index in [1.165, 1.54) is 19.2 Å². The first kappa shape index (κ1) is 21.0. The summed E-state index contributed by atoms with van der Waals surface area (Å²) in [7, 11) is -2.47. The van der Waals surface area contributed by atoms with Crippen LogP contribution in [0.2, 0.25) is 10.0 Å². The van der Waals surface area contributed by atoms with Gasteiger partial charge in [-0.25, -0.2) is 9.52 Å². The van der Waals surface area contributed by atoms with E-state index in [2.05, 4.69) is 15.5 Å². The van der Waals surface area contributed by atoms with Gasteiger partial charge in [0.25, 0.3) is 10.2 Å². The van der Waals surface area contributed by atoms with Crippen molar-refractivity contribution < 1.29 is 12.8 Å². The van der Waals surface area contributed by atoms with E-state index in [0.29, 0.717) is 32.7 Å². The lowest BCUT2D eigenvalue weighted by molar-refractivity contribution is 0.550. The highest BCUT2D eigenvalue weighted by molar-refractivity contribution is 7.90. The second kappa shape index (κ2) is 8.31. The Kier molecular flexibility index (Phi) is 6.21. The van der Waals surface area contributed by atoms with Crippen LogP contribution in [0.3, 0.4) is 0 Å². The maximum absolute atomic E-state index is 12.5. The molecule has 3 aromatic rings. The molecule has 10 heteroatoms. The van der Waals surface area contributed by atoms with Gasteiger partial charge in [0.15, 0.2) is 0 Å². The van der Waals surface area contributed by atoms with Gasteiger partial charge in [-0.15, -0.1) is 11.6 Å². The number of nitrogens with one attached hydrogen (secondary N) is 2. The van der Waals surface area contributed by atoms with Crippen molar-refractivity contribution in [3.63, 3.8) is 0 Å². The highest BCUT2D eigenvalue weighted by Crippen LogP contribution is 2.31. The molecule has 0 saturated carbocycles. The van der Waals surface area contributed by atoms with E-state index in [1.807, 2.05) is 0 Å². The SMILES string of the molecule is CNS(=O)(=O)Nc1cccc(Cc2c(CCl)c3cc(Cl)[c]cc3oc2=O)c1Cl. The Balaban J connectivity index is 2.11. The van der Waals surface area contributed by atoms with Gasteiger partial charge in [0.2, 0.25) is 0 Å². The van der Waals surface area contributed by atoms with Crippen molar-refractivity contribution in [2.45, 2.75) is 12.3 Å². The van der Waals surface area contributed by atoms with Crippen LogP contribution in [0.5, 0.6) is 0 Å². The molecular weight excluding hydrogens is 447 g/mol. The fourth-order valence-corrected chi connectivity index (χ4v) is 4.06. The average molecular weight is 461 g/mol. The minimum atomic E-state index is -3.74. The van der Waals surface area contributed by atoms with E-state index in [-0.39, 0.29) is 23.0 Å². The molecule has 3 rings (SSSR count). The Morgan fingerprint density at radius 3 is 2.64 bits per heavy atom. The molecule has 0 atom stereocenters. The van der Waals surface area contributed by atoms with Crippen LogP contribution in [0.4, 0.5) is 5.69 Å². The van der Waals surface area contributed by atoms with Crippen LogP contribution in [0.25, 0.3) is 11.0 Å². The van der Waals surface area contributed by atoms with Crippen LogP contribution >= 0.6 is 34.8 Å². The van der Waals surface area contributed by atoms with Gasteiger partial charge in [-0.3, -0.25) is 4.72 Å². The lowest BCUT2D eigenvalue weighted by Crippen LogP contribution is -2.26. The molecule has 1 radical (unpaired) electrons. The van der Waals surface area contributed by atoms with E-state index in [4.69, 9.17) is 39.2 Å². The summed E-state index contributed by atoms with van der Waals surface area (Å²) >= 11 is 18.5. The Bertz CT molecular complexity index is 1210. The molecule has 147 valence electrons. The van der Waals surface area contributed by atoms with Crippen molar-refractivity contribution in [3.8, 4) is 0 Å². The monoisotopic (exact) mass is 459 g/mol. The van der Waals surface area contributed by atoms with E-state index in [0.717, 1.165) is 0 Å². The van der Waals surface area contributed by atoms with Gasteiger partial charge < -0.3 is 4.42 Å². The van der Waals surface area contributed by atoms with Crippen molar-refractivity contribution in [2.24, 2.45) is 0 Å². The van der Waals surface area contributed by atoms with Crippen molar-refractivity contribution in [1.29, 1.82) is 0 Å². The van der Waals surface area contributed by atoms with Gasteiger partial charge in [-0.1, -0.05) is 35.3 Å². The summed E-state index contributed by atoms with van der Waals surface area (Å²) in [6.07, 6.45) is 0.102. The molecule has 2 aromatic carbocycles. The molecule has 0 saturated heterocycles. The standard InChI is InChI=1S/C18H14Cl3N2O4S/c1-22-28(25,26)23-15-4-2-3-10(17(15)21)7-13-14(9-19)12-8-11(20)5-6-16(12)27-18(13)24/h2-4,6,8,22-23H,7,9H2,1H3. The molecule has 2 N–H and O–H groups in total. The summed E-state index contributed by atoms with van der Waals surface area (Å²) < 4.78 is 33.3. The summed E-state index contributed by atoms with van der Waals surface area (Å²) in [5.41, 5.74) is 1.38. The summed E-state index contributed by atoms with van der Waals surface area (Å²) in [5.74, 6) is 0.0570. The summed E-state index contributed by atoms with van der Waals surface area (Å²) in [4.78, 5) is 12.5. The van der Waals surface area contributed by atoms with Crippen LogP contribution < -0.4 is 15.1 Å². The smallest absolute Gasteiger partial charge is 0.340 e. The molecule has 28 heavy (non-hydrogen) atoms. The van der Waals surface area contributed by atoms with Crippen molar-refractivity contribution in [1.82, 2.24) is 4.72 Å². The number of rotatable bonds is 6. The quantitative estimate of drug-likeness (QED) is 0.428. The first-order valence-corrected chi connectivity index (χ1v) is 10.7. The van der Waals surface area contributed by atoms with Crippen LogP contribution in [-0.2, 0) is 22.5 Å². The first-order chi connectivity index (χ1) is 13.3. The normalized spacial score (nSPS) is 11.7. The zero-order valence-corrected chi connectivity index (χ0v) is 17.6. The average Bonchev–Trinajstić information content (AvgIpc) is 2.65. The number of alkyl halides is 1. The van der Waals surface area contributed by atoms with E-state index in [9.17, 15) is 13.2 Å². The maximum Gasteiger partial charge on any atom is 0.340 e. The Hall–Kier alpha value is -1.77. The third kappa shape index (κ3) is 4.29. The lowest BCUT2D eigenvalue weighted by atomic mass is 9.99. The van der Waals surface area contributed by atoms with Crippen molar-refractivity contribution in [3.05, 3.63) is 73.6 Å². The minimum Gasteiger partial charge on any atom is -0.422 e. The molecule has 1 aromatic heterocycles. The lowest BCUT2D eigenvalue weighted by Gasteiger charge is -2.13. The number of anilines is 1. The maximum atomic E-state index is 12.5. The van der Waals surface area contributed by atoms with Crippen LogP contribution in [0.1, 0.15) is 16.7 Å². The number of hydrogen-bond donors (Lipinski definition) is 2. The summed E-state index contributed by atoms with van der Waals surface area (Å²) in [6.45, 7) is 0. The molecule has 0 unspecified atom stereocenters. The molecule has 6 nitrogen and oxygen atoms in total. The topological polar surface area (TPSA) is 88.4 Å². The third-order valence-corrected chi connectivity index (χ3v) is 6.07. The van der Waals surface area contributed by atoms with Gasteiger partial charge >= 0.3 is 5.63 Å². The van der Waals surface area contributed by atoms with Gasteiger partial charge in [0.1, 0.15) is 5.58 Å². The number of hydrogen-bond acceptors (Lipinski definition) is 4. The highest BCUT2D eigenvalue weighted by Gasteiger charge is 2.18. The third-order valence-electron chi connectivity index (χ3n) is 4.11. The fraction of sp³-hybridized carbons (Fsp3) is 0.167. The molecule has 0 amide bonds. The largest absolute Gasteiger partial charge is 0.422 e. The molecule has 0 fully saturated rings. The van der Waals surface area contributed by atoms with Crippen LogP contribution in [-0.4, -0.2) is 15.5 Å². The zero-order chi connectivity index (χ0) is 20.5. The van der Waals surface area contributed by atoms with Gasteiger partial charge in [-0.2, -0.15) is 8.42 Å². The Labute approximate surface area is 176 Å². The molecule has 0 aliphatic rings. The number of benzene rings is 2. The predicted molar refractivity (Wildman–Crippen MR) is 112 cm³/mol. The second-order valence-corrected chi connectivity index (χ2v) is 8.48. The minimum absolute atomic E-state index is 0.0570. The van der Waals surface area contributed by atoms with Crippen LogP contribution in [0.15, 0.2) is 39.5 Å². The fourth-order valence-electron chi connectivity index (χ4n) is 2.73. The first-order valence-electron chi connectivity index (χ1n) is 7.96. The predicted octanol–water partition coefficient (Wildman–Crippen LogP) is 4.11.